The van der Waals surface area contributed by atoms with Crippen LogP contribution in [0.2, 0.25) is 0 Å². The van der Waals surface area contributed by atoms with Crippen LogP contribution in [0.15, 0.2) is 18.2 Å². The summed E-state index contributed by atoms with van der Waals surface area (Å²) in [6, 6.07) is 3.95. The maximum atomic E-state index is 12.3. The fourth-order valence-corrected chi connectivity index (χ4v) is 1.94. The van der Waals surface area contributed by atoms with E-state index in [0.717, 1.165) is 4.90 Å². The number of amides is 3. The molecular weight excluding hydrogens is 305 g/mol. The average Bonchev–Trinajstić information content (AvgIpc) is 2.77. The number of nitrogens with zero attached hydrogens (tertiary/aromatic N) is 3. The van der Waals surface area contributed by atoms with E-state index in [0.29, 0.717) is 4.90 Å². The predicted octanol–water partition coefficient (Wildman–Crippen LogP) is -0.0153. The van der Waals surface area contributed by atoms with Crippen LogP contribution in [0.3, 0.4) is 0 Å². The van der Waals surface area contributed by atoms with Crippen LogP contribution in [0.5, 0.6) is 0 Å². The molecule has 0 aromatic carbocycles. The van der Waals surface area contributed by atoms with E-state index in [1.54, 1.807) is 0 Å². The Hall–Kier alpha value is -2.65. The van der Waals surface area contributed by atoms with Crippen LogP contribution in [0, 0.1) is 0 Å². The van der Waals surface area contributed by atoms with E-state index in [4.69, 9.17) is 5.73 Å². The molecule has 118 valence electrons. The molecule has 1 aliphatic heterocycles. The molecule has 0 bridgehead atoms. The molecule has 2 heterocycles. The number of rotatable bonds is 3. The third-order valence-corrected chi connectivity index (χ3v) is 2.90. The summed E-state index contributed by atoms with van der Waals surface area (Å²) in [5.74, 6) is -2.40. The predicted molar refractivity (Wildman–Crippen MR) is 66.4 cm³/mol. The van der Waals surface area contributed by atoms with Gasteiger partial charge >= 0.3 is 6.18 Å². The van der Waals surface area contributed by atoms with Gasteiger partial charge in [-0.1, -0.05) is 6.07 Å². The van der Waals surface area contributed by atoms with E-state index >= 15 is 0 Å². The van der Waals surface area contributed by atoms with Crippen molar-refractivity contribution in [3.63, 3.8) is 0 Å². The highest BCUT2D eigenvalue weighted by atomic mass is 19.4. The molecule has 2 N–H and O–H groups in total. The van der Waals surface area contributed by atoms with Gasteiger partial charge in [0.05, 0.1) is 6.67 Å². The van der Waals surface area contributed by atoms with Crippen molar-refractivity contribution in [1.29, 1.82) is 0 Å². The van der Waals surface area contributed by atoms with Crippen molar-refractivity contribution < 1.29 is 27.6 Å². The first-order valence-corrected chi connectivity index (χ1v) is 6.08. The molecule has 0 saturated carbocycles. The molecule has 3 amide bonds. The molecule has 22 heavy (non-hydrogen) atoms. The van der Waals surface area contributed by atoms with Gasteiger partial charge in [0.25, 0.3) is 11.8 Å². The number of halogens is 3. The molecule has 1 aromatic rings. The highest BCUT2D eigenvalue weighted by molar-refractivity contribution is 5.98. The molecule has 0 spiro atoms. The molecular formula is C12H11F3N4O3. The lowest BCUT2D eigenvalue weighted by molar-refractivity contribution is -0.157. The summed E-state index contributed by atoms with van der Waals surface area (Å²) >= 11 is 0. The normalized spacial score (nSPS) is 15.3. The van der Waals surface area contributed by atoms with Gasteiger partial charge in [0, 0.05) is 0 Å². The number of aromatic nitrogens is 1. The minimum atomic E-state index is -4.54. The van der Waals surface area contributed by atoms with Crippen molar-refractivity contribution in [3.05, 3.63) is 29.6 Å². The molecule has 10 heteroatoms. The van der Waals surface area contributed by atoms with E-state index < -0.39 is 43.7 Å². The zero-order valence-corrected chi connectivity index (χ0v) is 11.1. The Morgan fingerprint density at radius 2 is 1.91 bits per heavy atom. The molecule has 0 unspecified atom stereocenters. The number of nitrogens with two attached hydrogens (primary N) is 1. The van der Waals surface area contributed by atoms with Crippen LogP contribution in [-0.2, 0) is 4.79 Å². The lowest BCUT2D eigenvalue weighted by Gasteiger charge is -2.19. The number of primary amides is 1. The average molecular weight is 316 g/mol. The van der Waals surface area contributed by atoms with Gasteiger partial charge in [-0.2, -0.15) is 13.2 Å². The van der Waals surface area contributed by atoms with Gasteiger partial charge in [0.2, 0.25) is 5.91 Å². The van der Waals surface area contributed by atoms with E-state index in [-0.39, 0.29) is 11.4 Å². The summed E-state index contributed by atoms with van der Waals surface area (Å²) in [5, 5.41) is 0. The molecule has 7 nitrogen and oxygen atoms in total. The monoisotopic (exact) mass is 316 g/mol. The topological polar surface area (TPSA) is 96.6 Å². The van der Waals surface area contributed by atoms with Gasteiger partial charge in [-0.3, -0.25) is 14.4 Å². The maximum absolute atomic E-state index is 12.3. The highest BCUT2D eigenvalue weighted by Crippen LogP contribution is 2.20. The Labute approximate surface area is 122 Å². The second-order valence-corrected chi connectivity index (χ2v) is 4.62. The smallest absolute Gasteiger partial charge is 0.364 e. The number of hydrogen-bond donors (Lipinski definition) is 1. The second-order valence-electron chi connectivity index (χ2n) is 4.62. The van der Waals surface area contributed by atoms with Crippen molar-refractivity contribution in [2.45, 2.75) is 6.18 Å². The number of alkyl halides is 3. The molecule has 1 fully saturated rings. The molecule has 2 rings (SSSR count). The van der Waals surface area contributed by atoms with E-state index in [1.807, 2.05) is 0 Å². The van der Waals surface area contributed by atoms with Gasteiger partial charge in [-0.05, 0) is 12.1 Å². The van der Waals surface area contributed by atoms with Gasteiger partial charge in [-0.25, -0.2) is 4.98 Å². The summed E-state index contributed by atoms with van der Waals surface area (Å²) in [5.41, 5.74) is 4.72. The Morgan fingerprint density at radius 1 is 1.27 bits per heavy atom. The summed E-state index contributed by atoms with van der Waals surface area (Å²) in [4.78, 5) is 39.8. The third kappa shape index (κ3) is 3.51. The van der Waals surface area contributed by atoms with E-state index in [9.17, 15) is 27.6 Å². The van der Waals surface area contributed by atoms with Crippen molar-refractivity contribution in [2.75, 3.05) is 19.8 Å². The maximum Gasteiger partial charge on any atom is 0.406 e. The van der Waals surface area contributed by atoms with Gasteiger partial charge in [0.15, 0.2) is 0 Å². The molecule has 0 atom stereocenters. The van der Waals surface area contributed by atoms with Crippen LogP contribution in [0.25, 0.3) is 0 Å². The summed E-state index contributed by atoms with van der Waals surface area (Å²) in [6.07, 6.45) is -4.54. The van der Waals surface area contributed by atoms with Gasteiger partial charge < -0.3 is 15.5 Å². The minimum absolute atomic E-state index is 0.150. The molecule has 1 aliphatic rings. The van der Waals surface area contributed by atoms with Crippen LogP contribution in [0.4, 0.5) is 13.2 Å². The standard InChI is InChI=1S/C12H11F3N4O3/c13-12(14,15)5-19-6-18(4-9(19)20)11(22)8-3-1-2-7(17-8)10(16)21/h1-3H,4-6H2,(H2,16,21). The number of pyridine rings is 1. The summed E-state index contributed by atoms with van der Waals surface area (Å²) in [6.45, 7) is -2.39. The highest BCUT2D eigenvalue weighted by Gasteiger charge is 2.39. The fourth-order valence-electron chi connectivity index (χ4n) is 1.94. The van der Waals surface area contributed by atoms with Crippen LogP contribution in [0.1, 0.15) is 21.0 Å². The molecule has 1 saturated heterocycles. The van der Waals surface area contributed by atoms with Crippen LogP contribution in [-0.4, -0.2) is 58.4 Å². The summed E-state index contributed by atoms with van der Waals surface area (Å²) in [7, 11) is 0. The van der Waals surface area contributed by atoms with Crippen LogP contribution >= 0.6 is 0 Å². The minimum Gasteiger partial charge on any atom is -0.364 e. The Kier molecular flexibility index (Phi) is 4.02. The third-order valence-electron chi connectivity index (χ3n) is 2.90. The van der Waals surface area contributed by atoms with Gasteiger partial charge in [-0.15, -0.1) is 0 Å². The quantitative estimate of drug-likeness (QED) is 0.848. The Morgan fingerprint density at radius 3 is 2.50 bits per heavy atom. The Balaban J connectivity index is 2.13. The zero-order valence-electron chi connectivity index (χ0n) is 11.1. The van der Waals surface area contributed by atoms with Crippen molar-refractivity contribution in [1.82, 2.24) is 14.8 Å². The van der Waals surface area contributed by atoms with Crippen molar-refractivity contribution >= 4 is 17.7 Å². The molecule has 1 aromatic heterocycles. The lowest BCUT2D eigenvalue weighted by atomic mass is 10.2. The van der Waals surface area contributed by atoms with Crippen LogP contribution < -0.4 is 5.73 Å². The number of carbonyl (C=O) groups is 3. The van der Waals surface area contributed by atoms with Crippen molar-refractivity contribution in [2.24, 2.45) is 5.73 Å². The summed E-state index contributed by atoms with van der Waals surface area (Å²) < 4.78 is 36.9. The second kappa shape index (κ2) is 5.62. The largest absolute Gasteiger partial charge is 0.406 e. The van der Waals surface area contributed by atoms with E-state index in [2.05, 4.69) is 4.98 Å². The van der Waals surface area contributed by atoms with E-state index in [1.165, 1.54) is 18.2 Å². The Bertz CT molecular complexity index is 632. The number of hydrogen-bond acceptors (Lipinski definition) is 4. The SMILES string of the molecule is NC(=O)c1cccc(C(=O)N2CC(=O)N(CC(F)(F)F)C2)n1. The van der Waals surface area contributed by atoms with Crippen molar-refractivity contribution in [3.8, 4) is 0 Å². The zero-order chi connectivity index (χ0) is 16.5. The fraction of sp³-hybridized carbons (Fsp3) is 0.333. The first kappa shape index (κ1) is 15.7. The number of carbonyl (C=O) groups excluding carboxylic acids is 3. The molecule has 0 radical (unpaired) electrons. The lowest BCUT2D eigenvalue weighted by Crippen LogP contribution is -2.37. The van der Waals surface area contributed by atoms with Gasteiger partial charge in [0.1, 0.15) is 24.5 Å². The first-order chi connectivity index (χ1) is 10.2. The first-order valence-electron chi connectivity index (χ1n) is 6.08. The molecule has 0 aliphatic carbocycles.